The standard InChI is InChI=1S/C25H18ClF3N2O5/c1-2-35-19-12-14(9-10-17(19)26)22(32)20-21(18-8-3-4-11-30-18)31(24(34)23(20)33)15-6-5-7-16(13-15)36-25(27,28)29/h3-13,21,32H,2H2,1H3/b22-20+. The Morgan fingerprint density at radius 1 is 1.11 bits per heavy atom. The fraction of sp³-hybridized carbons (Fsp3) is 0.160. The third-order valence-electron chi connectivity index (χ3n) is 5.25. The van der Waals surface area contributed by atoms with Gasteiger partial charge in [-0.15, -0.1) is 13.2 Å². The van der Waals surface area contributed by atoms with Crippen LogP contribution in [-0.2, 0) is 9.59 Å². The summed E-state index contributed by atoms with van der Waals surface area (Å²) in [5, 5.41) is 11.5. The number of aliphatic hydroxyl groups excluding tert-OH is 1. The van der Waals surface area contributed by atoms with Crippen molar-refractivity contribution in [3.05, 3.63) is 88.7 Å². The molecule has 0 radical (unpaired) electrons. The van der Waals surface area contributed by atoms with Crippen LogP contribution in [-0.4, -0.2) is 34.8 Å². The van der Waals surface area contributed by atoms with Gasteiger partial charge in [0.05, 0.1) is 22.9 Å². The van der Waals surface area contributed by atoms with Gasteiger partial charge in [-0.1, -0.05) is 23.7 Å². The van der Waals surface area contributed by atoms with Gasteiger partial charge in [0.1, 0.15) is 23.3 Å². The summed E-state index contributed by atoms with van der Waals surface area (Å²) in [5.41, 5.74) is 0.000558. The molecule has 4 rings (SSSR count). The number of benzene rings is 2. The summed E-state index contributed by atoms with van der Waals surface area (Å²) in [4.78, 5) is 31.5. The average molecular weight is 519 g/mol. The van der Waals surface area contributed by atoms with E-state index in [2.05, 4.69) is 9.72 Å². The molecule has 0 spiro atoms. The van der Waals surface area contributed by atoms with Crippen molar-refractivity contribution in [3.63, 3.8) is 0 Å². The first kappa shape index (κ1) is 25.1. The molecule has 1 aliphatic heterocycles. The molecule has 3 aromatic rings. The molecule has 186 valence electrons. The number of pyridine rings is 1. The number of anilines is 1. The second-order valence-corrected chi connectivity index (χ2v) is 7.95. The van der Waals surface area contributed by atoms with E-state index in [-0.39, 0.29) is 33.3 Å². The molecule has 1 unspecified atom stereocenters. The van der Waals surface area contributed by atoms with E-state index >= 15 is 0 Å². The number of alkyl halides is 3. The maximum Gasteiger partial charge on any atom is 0.573 e. The van der Waals surface area contributed by atoms with Gasteiger partial charge in [0.25, 0.3) is 11.7 Å². The van der Waals surface area contributed by atoms with Crippen molar-refractivity contribution in [2.24, 2.45) is 0 Å². The van der Waals surface area contributed by atoms with E-state index in [4.69, 9.17) is 16.3 Å². The smallest absolute Gasteiger partial charge is 0.507 e. The number of carbonyl (C=O) groups is 2. The molecule has 11 heteroatoms. The molecule has 0 bridgehead atoms. The van der Waals surface area contributed by atoms with E-state index in [0.29, 0.717) is 6.61 Å². The number of amides is 1. The molecular weight excluding hydrogens is 501 g/mol. The highest BCUT2D eigenvalue weighted by atomic mass is 35.5. The van der Waals surface area contributed by atoms with Crippen LogP contribution in [0.5, 0.6) is 11.5 Å². The highest BCUT2D eigenvalue weighted by Crippen LogP contribution is 2.43. The van der Waals surface area contributed by atoms with Crippen molar-refractivity contribution in [2.75, 3.05) is 11.5 Å². The summed E-state index contributed by atoms with van der Waals surface area (Å²) in [6.07, 6.45) is -3.53. The maximum absolute atomic E-state index is 13.2. The van der Waals surface area contributed by atoms with Gasteiger partial charge < -0.3 is 14.6 Å². The molecule has 1 N–H and O–H groups in total. The summed E-state index contributed by atoms with van der Waals surface area (Å²) in [6, 6.07) is 12.5. The highest BCUT2D eigenvalue weighted by molar-refractivity contribution is 6.51. The molecule has 1 saturated heterocycles. The Kier molecular flexibility index (Phi) is 6.89. The van der Waals surface area contributed by atoms with Crippen LogP contribution in [0, 0.1) is 0 Å². The van der Waals surface area contributed by atoms with Crippen LogP contribution >= 0.6 is 11.6 Å². The van der Waals surface area contributed by atoms with Gasteiger partial charge in [0, 0.05) is 23.5 Å². The molecule has 2 aromatic carbocycles. The Hall–Kier alpha value is -4.05. The number of aliphatic hydroxyl groups is 1. The van der Waals surface area contributed by atoms with Crippen molar-refractivity contribution < 1.29 is 37.3 Å². The van der Waals surface area contributed by atoms with Crippen molar-refractivity contribution in [3.8, 4) is 11.5 Å². The predicted octanol–water partition coefficient (Wildman–Crippen LogP) is 5.66. The molecule has 2 heterocycles. The predicted molar refractivity (Wildman–Crippen MR) is 125 cm³/mol. The van der Waals surface area contributed by atoms with Crippen LogP contribution in [0.4, 0.5) is 18.9 Å². The fourth-order valence-corrected chi connectivity index (χ4v) is 3.99. The topological polar surface area (TPSA) is 89.0 Å². The quantitative estimate of drug-likeness (QED) is 0.257. The second-order valence-electron chi connectivity index (χ2n) is 7.55. The SMILES string of the molecule is CCOc1cc(/C(O)=C2\C(=O)C(=O)N(c3cccc(OC(F)(F)F)c3)C2c2ccccn2)ccc1Cl. The second kappa shape index (κ2) is 9.90. The van der Waals surface area contributed by atoms with Crippen LogP contribution in [0.25, 0.3) is 5.76 Å². The minimum absolute atomic E-state index is 0.0559. The Morgan fingerprint density at radius 2 is 1.89 bits per heavy atom. The normalized spacial score (nSPS) is 17.4. The zero-order chi connectivity index (χ0) is 26.0. The Bertz CT molecular complexity index is 1350. The number of aromatic nitrogens is 1. The molecule has 1 amide bonds. The number of nitrogens with zero attached hydrogens (tertiary/aromatic N) is 2. The Balaban J connectivity index is 1.88. The Labute approximate surface area is 208 Å². The third-order valence-corrected chi connectivity index (χ3v) is 5.56. The lowest BCUT2D eigenvalue weighted by molar-refractivity contribution is -0.274. The van der Waals surface area contributed by atoms with E-state index in [9.17, 15) is 27.9 Å². The lowest BCUT2D eigenvalue weighted by Gasteiger charge is -2.25. The molecule has 1 aliphatic rings. The summed E-state index contributed by atoms with van der Waals surface area (Å²) in [5.74, 6) is -2.95. The number of ketones is 1. The minimum Gasteiger partial charge on any atom is -0.507 e. The highest BCUT2D eigenvalue weighted by Gasteiger charge is 2.48. The van der Waals surface area contributed by atoms with E-state index in [0.717, 1.165) is 17.0 Å². The molecule has 1 aromatic heterocycles. The average Bonchev–Trinajstić information content (AvgIpc) is 3.10. The van der Waals surface area contributed by atoms with Crippen LogP contribution in [0.3, 0.4) is 0 Å². The number of carbonyl (C=O) groups excluding carboxylic acids is 2. The van der Waals surface area contributed by atoms with Crippen LogP contribution in [0.15, 0.2) is 72.4 Å². The van der Waals surface area contributed by atoms with Gasteiger partial charge in [-0.25, -0.2) is 0 Å². The molecule has 7 nitrogen and oxygen atoms in total. The molecule has 36 heavy (non-hydrogen) atoms. The number of halogens is 4. The summed E-state index contributed by atoms with van der Waals surface area (Å²) >= 11 is 6.13. The largest absolute Gasteiger partial charge is 0.573 e. The molecule has 0 aliphatic carbocycles. The van der Waals surface area contributed by atoms with Gasteiger partial charge >= 0.3 is 6.36 Å². The van der Waals surface area contributed by atoms with Crippen LogP contribution < -0.4 is 14.4 Å². The van der Waals surface area contributed by atoms with E-state index in [1.165, 1.54) is 42.6 Å². The minimum atomic E-state index is -4.96. The van der Waals surface area contributed by atoms with Crippen molar-refractivity contribution in [2.45, 2.75) is 19.3 Å². The monoisotopic (exact) mass is 518 g/mol. The van der Waals surface area contributed by atoms with Crippen molar-refractivity contribution in [1.29, 1.82) is 0 Å². The van der Waals surface area contributed by atoms with Gasteiger partial charge in [-0.3, -0.25) is 19.5 Å². The molecule has 1 fully saturated rings. The molecule has 0 saturated carbocycles. The maximum atomic E-state index is 13.2. The van der Waals surface area contributed by atoms with Crippen LogP contribution in [0.1, 0.15) is 24.2 Å². The number of Topliss-reactive ketones (excluding diaryl/α,β-unsaturated/α-hetero) is 1. The summed E-state index contributed by atoms with van der Waals surface area (Å²) in [7, 11) is 0. The molecule has 1 atom stereocenters. The first-order chi connectivity index (χ1) is 17.1. The van der Waals surface area contributed by atoms with E-state index < -0.39 is 35.6 Å². The first-order valence-electron chi connectivity index (χ1n) is 10.6. The number of rotatable bonds is 6. The molecular formula is C25H18ClF3N2O5. The van der Waals surface area contributed by atoms with E-state index in [1.807, 2.05) is 0 Å². The van der Waals surface area contributed by atoms with Gasteiger partial charge in [-0.2, -0.15) is 0 Å². The van der Waals surface area contributed by atoms with Gasteiger partial charge in [0.15, 0.2) is 0 Å². The zero-order valence-corrected chi connectivity index (χ0v) is 19.4. The zero-order valence-electron chi connectivity index (χ0n) is 18.6. The van der Waals surface area contributed by atoms with Crippen molar-refractivity contribution >= 4 is 34.7 Å². The summed E-state index contributed by atoms with van der Waals surface area (Å²) < 4.78 is 47.7. The Morgan fingerprint density at radius 3 is 2.56 bits per heavy atom. The lowest BCUT2D eigenvalue weighted by atomic mass is 9.98. The third kappa shape index (κ3) is 4.99. The number of hydrogen-bond acceptors (Lipinski definition) is 6. The van der Waals surface area contributed by atoms with E-state index in [1.54, 1.807) is 19.1 Å². The fourth-order valence-electron chi connectivity index (χ4n) is 3.82. The first-order valence-corrected chi connectivity index (χ1v) is 11.0. The van der Waals surface area contributed by atoms with Gasteiger partial charge in [-0.05, 0) is 49.4 Å². The lowest BCUT2D eigenvalue weighted by Crippen LogP contribution is -2.30. The number of hydrogen-bond donors (Lipinski definition) is 1. The van der Waals surface area contributed by atoms with Crippen LogP contribution in [0.2, 0.25) is 5.02 Å². The van der Waals surface area contributed by atoms with Crippen molar-refractivity contribution in [1.82, 2.24) is 4.98 Å². The summed E-state index contributed by atoms with van der Waals surface area (Å²) in [6.45, 7) is 2.03. The van der Waals surface area contributed by atoms with Gasteiger partial charge in [0.2, 0.25) is 0 Å². The number of ether oxygens (including phenoxy) is 2.